The van der Waals surface area contributed by atoms with Crippen LogP contribution < -0.4 is 5.32 Å². The molecule has 0 aromatic carbocycles. The zero-order chi connectivity index (χ0) is 10.6. The quantitative estimate of drug-likeness (QED) is 0.708. The summed E-state index contributed by atoms with van der Waals surface area (Å²) in [6, 6.07) is 1.75. The number of pyridine rings is 1. The Morgan fingerprint density at radius 3 is 2.86 bits per heavy atom. The number of amides is 1. The third kappa shape index (κ3) is 2.60. The zero-order valence-electron chi connectivity index (χ0n) is 8.24. The summed E-state index contributed by atoms with van der Waals surface area (Å²) < 4.78 is 0. The lowest BCUT2D eigenvalue weighted by Gasteiger charge is -2.07. The summed E-state index contributed by atoms with van der Waals surface area (Å²) in [5.74, 6) is 2.28. The van der Waals surface area contributed by atoms with Crippen molar-refractivity contribution < 1.29 is 4.79 Å². The van der Waals surface area contributed by atoms with E-state index in [0.29, 0.717) is 11.1 Å². The number of carbonyl (C=O) groups excluding carboxylic acids is 1. The number of nitrogens with zero attached hydrogens (tertiary/aromatic N) is 1. The van der Waals surface area contributed by atoms with E-state index >= 15 is 0 Å². The fourth-order valence-electron chi connectivity index (χ4n) is 0.989. The summed E-state index contributed by atoms with van der Waals surface area (Å²) in [4.78, 5) is 15.4. The molecule has 0 atom stereocenters. The lowest BCUT2D eigenvalue weighted by molar-refractivity contribution is 0.0942. The van der Waals surface area contributed by atoms with Crippen LogP contribution in [0.4, 0.5) is 0 Å². The number of hydrogen-bond acceptors (Lipinski definition) is 2. The average Bonchev–Trinajstić information content (AvgIpc) is 2.17. The minimum atomic E-state index is -0.149. The van der Waals surface area contributed by atoms with Crippen LogP contribution in [-0.4, -0.2) is 16.9 Å². The largest absolute Gasteiger partial charge is 0.350 e. The first kappa shape index (κ1) is 10.3. The number of aromatic nitrogens is 1. The predicted octanol–water partition coefficient (Wildman–Crippen LogP) is 1.20. The maximum absolute atomic E-state index is 11.5. The number of terminal acetylenes is 1. The summed E-state index contributed by atoms with van der Waals surface area (Å²) in [7, 11) is 0. The molecule has 0 bridgehead atoms. The van der Waals surface area contributed by atoms with Crippen molar-refractivity contribution in [3.05, 3.63) is 29.6 Å². The molecular formula is C11H12N2O. The summed E-state index contributed by atoms with van der Waals surface area (Å²) in [5, 5.41) is 2.76. The van der Waals surface area contributed by atoms with Crippen molar-refractivity contribution in [1.29, 1.82) is 0 Å². The van der Waals surface area contributed by atoms with Gasteiger partial charge >= 0.3 is 0 Å². The first-order chi connectivity index (χ1) is 6.63. The van der Waals surface area contributed by atoms with Crippen molar-refractivity contribution in [2.45, 2.75) is 19.9 Å². The van der Waals surface area contributed by atoms with Gasteiger partial charge in [-0.2, -0.15) is 0 Å². The molecule has 0 aliphatic rings. The highest BCUT2D eigenvalue weighted by molar-refractivity contribution is 5.94. The van der Waals surface area contributed by atoms with Crippen LogP contribution in [0.1, 0.15) is 29.8 Å². The Morgan fingerprint density at radius 1 is 1.57 bits per heavy atom. The zero-order valence-corrected chi connectivity index (χ0v) is 8.24. The van der Waals surface area contributed by atoms with E-state index in [2.05, 4.69) is 16.2 Å². The Labute approximate surface area is 83.6 Å². The molecule has 0 fully saturated rings. The van der Waals surface area contributed by atoms with Crippen LogP contribution in [0.2, 0.25) is 0 Å². The molecule has 0 saturated heterocycles. The molecular weight excluding hydrogens is 176 g/mol. The normalized spacial score (nSPS) is 9.57. The van der Waals surface area contributed by atoms with Gasteiger partial charge in [0.2, 0.25) is 0 Å². The Kier molecular flexibility index (Phi) is 3.24. The monoisotopic (exact) mass is 188 g/mol. The minimum absolute atomic E-state index is 0.108. The second-order valence-corrected chi connectivity index (χ2v) is 3.23. The molecule has 0 radical (unpaired) electrons. The molecule has 3 heteroatoms. The minimum Gasteiger partial charge on any atom is -0.350 e. The van der Waals surface area contributed by atoms with Crippen molar-refractivity contribution in [2.75, 3.05) is 0 Å². The average molecular weight is 188 g/mol. The standard InChI is InChI=1S/C11H12N2O/c1-4-9-5-10(7-12-6-9)11(14)13-8(2)3/h1,5-8H,2-3H3,(H,13,14). The molecule has 1 heterocycles. The van der Waals surface area contributed by atoms with E-state index in [0.717, 1.165) is 0 Å². The van der Waals surface area contributed by atoms with Crippen LogP contribution in [0.5, 0.6) is 0 Å². The van der Waals surface area contributed by atoms with Gasteiger partial charge in [-0.1, -0.05) is 5.92 Å². The summed E-state index contributed by atoms with van der Waals surface area (Å²) in [6.45, 7) is 3.80. The van der Waals surface area contributed by atoms with E-state index in [-0.39, 0.29) is 11.9 Å². The lowest BCUT2D eigenvalue weighted by Crippen LogP contribution is -2.30. The summed E-state index contributed by atoms with van der Waals surface area (Å²) in [6.07, 6.45) is 8.24. The highest BCUT2D eigenvalue weighted by Gasteiger charge is 2.06. The molecule has 0 aliphatic carbocycles. The van der Waals surface area contributed by atoms with E-state index in [4.69, 9.17) is 6.42 Å². The van der Waals surface area contributed by atoms with E-state index in [9.17, 15) is 4.79 Å². The maximum Gasteiger partial charge on any atom is 0.253 e. The second kappa shape index (κ2) is 4.43. The van der Waals surface area contributed by atoms with Gasteiger partial charge in [0.15, 0.2) is 0 Å². The highest BCUT2D eigenvalue weighted by Crippen LogP contribution is 2.01. The first-order valence-corrected chi connectivity index (χ1v) is 4.36. The van der Waals surface area contributed by atoms with E-state index in [1.54, 1.807) is 12.3 Å². The summed E-state index contributed by atoms with van der Waals surface area (Å²) >= 11 is 0. The van der Waals surface area contributed by atoms with Crippen molar-refractivity contribution in [3.63, 3.8) is 0 Å². The Balaban J connectivity index is 2.86. The topological polar surface area (TPSA) is 42.0 Å². The van der Waals surface area contributed by atoms with E-state index in [1.807, 2.05) is 13.8 Å². The number of nitrogens with one attached hydrogen (secondary N) is 1. The van der Waals surface area contributed by atoms with Gasteiger partial charge in [-0.3, -0.25) is 9.78 Å². The van der Waals surface area contributed by atoms with Crippen LogP contribution in [0.3, 0.4) is 0 Å². The van der Waals surface area contributed by atoms with Crippen LogP contribution in [0, 0.1) is 12.3 Å². The first-order valence-electron chi connectivity index (χ1n) is 4.36. The van der Waals surface area contributed by atoms with E-state index in [1.165, 1.54) is 6.20 Å². The van der Waals surface area contributed by atoms with Gasteiger partial charge < -0.3 is 5.32 Å². The molecule has 1 aromatic rings. The van der Waals surface area contributed by atoms with Crippen molar-refractivity contribution in [3.8, 4) is 12.3 Å². The number of rotatable bonds is 2. The molecule has 72 valence electrons. The van der Waals surface area contributed by atoms with Crippen molar-refractivity contribution in [1.82, 2.24) is 10.3 Å². The Morgan fingerprint density at radius 2 is 2.29 bits per heavy atom. The second-order valence-electron chi connectivity index (χ2n) is 3.23. The van der Waals surface area contributed by atoms with Gasteiger partial charge in [0.1, 0.15) is 0 Å². The van der Waals surface area contributed by atoms with Crippen LogP contribution in [-0.2, 0) is 0 Å². The smallest absolute Gasteiger partial charge is 0.253 e. The van der Waals surface area contributed by atoms with Gasteiger partial charge in [0, 0.05) is 24.0 Å². The van der Waals surface area contributed by atoms with Crippen molar-refractivity contribution >= 4 is 5.91 Å². The Bertz CT molecular complexity index is 377. The Hall–Kier alpha value is -1.82. The SMILES string of the molecule is C#Cc1cncc(C(=O)NC(C)C)c1. The predicted molar refractivity (Wildman–Crippen MR) is 54.8 cm³/mol. The van der Waals surface area contributed by atoms with Gasteiger partial charge in [-0.25, -0.2) is 0 Å². The van der Waals surface area contributed by atoms with E-state index < -0.39 is 0 Å². The van der Waals surface area contributed by atoms with Crippen molar-refractivity contribution in [2.24, 2.45) is 0 Å². The molecule has 1 rings (SSSR count). The third-order valence-corrected chi connectivity index (χ3v) is 1.59. The summed E-state index contributed by atoms with van der Waals surface area (Å²) in [5.41, 5.74) is 1.11. The molecule has 1 N–H and O–H groups in total. The third-order valence-electron chi connectivity index (χ3n) is 1.59. The molecule has 0 unspecified atom stereocenters. The maximum atomic E-state index is 11.5. The molecule has 3 nitrogen and oxygen atoms in total. The van der Waals surface area contributed by atoms with Gasteiger partial charge in [-0.15, -0.1) is 6.42 Å². The molecule has 0 aliphatic heterocycles. The number of hydrogen-bond donors (Lipinski definition) is 1. The van der Waals surface area contributed by atoms with Crippen LogP contribution >= 0.6 is 0 Å². The van der Waals surface area contributed by atoms with Crippen LogP contribution in [0.25, 0.3) is 0 Å². The van der Waals surface area contributed by atoms with Gasteiger partial charge in [0.25, 0.3) is 5.91 Å². The highest BCUT2D eigenvalue weighted by atomic mass is 16.1. The molecule has 0 saturated carbocycles. The lowest BCUT2D eigenvalue weighted by atomic mass is 10.2. The molecule has 1 aromatic heterocycles. The fourth-order valence-corrected chi connectivity index (χ4v) is 0.989. The molecule has 0 spiro atoms. The van der Waals surface area contributed by atoms with Gasteiger partial charge in [0.05, 0.1) is 5.56 Å². The number of carbonyl (C=O) groups is 1. The molecule has 14 heavy (non-hydrogen) atoms. The van der Waals surface area contributed by atoms with Gasteiger partial charge in [-0.05, 0) is 19.9 Å². The van der Waals surface area contributed by atoms with Crippen LogP contribution in [0.15, 0.2) is 18.5 Å². The molecule has 1 amide bonds. The fraction of sp³-hybridized carbons (Fsp3) is 0.273.